The van der Waals surface area contributed by atoms with E-state index in [2.05, 4.69) is 95.8 Å². The van der Waals surface area contributed by atoms with Crippen molar-refractivity contribution in [1.29, 1.82) is 15.8 Å². The van der Waals surface area contributed by atoms with E-state index in [1.54, 1.807) is 35.5 Å². The normalized spacial score (nSPS) is 16.0. The molecule has 0 radical (unpaired) electrons. The number of nitrogens with one attached hydrogen (secondary N) is 3. The van der Waals surface area contributed by atoms with E-state index in [9.17, 15) is 33.8 Å². The number of hydrogen-bond acceptors (Lipinski definition) is 16. The van der Waals surface area contributed by atoms with Crippen molar-refractivity contribution in [3.8, 4) is 62.8 Å². The molecule has 28 nitrogen and oxygen atoms in total. The number of aryl methyl sites for hydroxylation is 3. The Bertz CT molecular complexity index is 5330. The van der Waals surface area contributed by atoms with Gasteiger partial charge in [-0.2, -0.15) is 51.5 Å². The van der Waals surface area contributed by atoms with E-state index >= 15 is 0 Å². The third-order valence-electron chi connectivity index (χ3n) is 21.7. The molecule has 12 heterocycles. The fourth-order valence-corrected chi connectivity index (χ4v) is 17.1. The zero-order valence-corrected chi connectivity index (χ0v) is 61.7. The highest BCUT2D eigenvalue weighted by molar-refractivity contribution is 7.92. The van der Waals surface area contributed by atoms with Gasteiger partial charge in [0.25, 0.3) is 5.95 Å². The molecule has 550 valence electrons. The highest BCUT2D eigenvalue weighted by Crippen LogP contribution is 2.43. The Hall–Kier alpha value is -11.8. The second-order valence-corrected chi connectivity index (χ2v) is 30.3. The SMILES string of the molecule is CCC(C1CCCC1)n1cc(-c2nc(NS(C)(=O)=O)nn3cccc23)cn1.Cc1cc2c(-c3cnn(C(CC#N)C4CCCC4)c3)c(NC=O)cnn2c1.Cc1ccc2c(-c3cnn(C(CC#N)C4CCCC4)c3)c(NC=O)cnn12.[C-]#[N+]c1cnn2c(C)ccc2c1-c1cnn(C(CC#N)C2CCCC2)c1. The molecule has 4 fully saturated rings. The molecule has 16 rings (SSSR count). The van der Waals surface area contributed by atoms with E-state index < -0.39 is 10.0 Å². The van der Waals surface area contributed by atoms with Gasteiger partial charge < -0.3 is 10.6 Å². The van der Waals surface area contributed by atoms with E-state index in [0.717, 1.165) is 129 Å². The van der Waals surface area contributed by atoms with E-state index in [0.29, 0.717) is 84.6 Å². The molecule has 12 aromatic heterocycles. The van der Waals surface area contributed by atoms with Gasteiger partial charge in [-0.05, 0) is 150 Å². The molecule has 0 saturated heterocycles. The lowest BCUT2D eigenvalue weighted by Gasteiger charge is -2.22. The minimum Gasteiger partial charge on any atom is -0.327 e. The van der Waals surface area contributed by atoms with Crippen molar-refractivity contribution < 1.29 is 18.0 Å². The molecule has 4 atom stereocenters. The lowest BCUT2D eigenvalue weighted by molar-refractivity contribution is -0.106. The number of nitrogens with zero attached hydrogens (tertiary/aromatic N) is 21. The van der Waals surface area contributed by atoms with E-state index in [-0.39, 0.29) is 24.1 Å². The number of hydrogen-bond donors (Lipinski definition) is 3. The van der Waals surface area contributed by atoms with Crippen molar-refractivity contribution in [3.05, 3.63) is 151 Å². The lowest BCUT2D eigenvalue weighted by atomic mass is 9.96. The van der Waals surface area contributed by atoms with E-state index in [1.165, 1.54) is 64.2 Å². The van der Waals surface area contributed by atoms with Crippen molar-refractivity contribution in [1.82, 2.24) is 82.6 Å². The molecule has 29 heteroatoms. The summed E-state index contributed by atoms with van der Waals surface area (Å²) in [6, 6.07) is 21.5. The second-order valence-electron chi connectivity index (χ2n) is 28.6. The zero-order chi connectivity index (χ0) is 74.7. The maximum atomic E-state index is 11.6. The van der Waals surface area contributed by atoms with Crippen LogP contribution in [-0.4, -0.2) is 110 Å². The molecule has 0 spiro atoms. The van der Waals surface area contributed by atoms with Gasteiger partial charge in [-0.1, -0.05) is 58.3 Å². The fourth-order valence-electron chi connectivity index (χ4n) is 16.6. The first-order chi connectivity index (χ1) is 52.1. The van der Waals surface area contributed by atoms with Gasteiger partial charge in [-0.15, -0.1) is 5.10 Å². The number of rotatable bonds is 22. The summed E-state index contributed by atoms with van der Waals surface area (Å²) in [5, 5.41) is 69.1. The molecule has 0 aromatic carbocycles. The average Bonchev–Trinajstić information content (AvgIpc) is 1.67. The van der Waals surface area contributed by atoms with Crippen LogP contribution >= 0.6 is 0 Å². The third kappa shape index (κ3) is 16.1. The first kappa shape index (κ1) is 73.5. The summed E-state index contributed by atoms with van der Waals surface area (Å²) in [6.07, 6.45) is 48.1. The first-order valence-corrected chi connectivity index (χ1v) is 38.8. The number of fused-ring (bicyclic) bond motifs is 4. The Morgan fingerprint density at radius 3 is 1.43 bits per heavy atom. The minimum atomic E-state index is -3.46. The number of carbonyl (C=O) groups is 2. The molecular weight excluding hydrogens is 1370 g/mol. The molecule has 107 heavy (non-hydrogen) atoms. The maximum Gasteiger partial charge on any atom is 0.255 e. The summed E-state index contributed by atoms with van der Waals surface area (Å²) in [6.45, 7) is 15.7. The summed E-state index contributed by atoms with van der Waals surface area (Å²) in [7, 11) is -3.46. The fraction of sp³-hybridized carbons (Fsp3) is 0.423. The molecule has 4 unspecified atom stereocenters. The van der Waals surface area contributed by atoms with Gasteiger partial charge in [0, 0.05) is 87.5 Å². The molecule has 4 aliphatic rings. The van der Waals surface area contributed by atoms with Crippen LogP contribution in [0.2, 0.25) is 0 Å². The van der Waals surface area contributed by atoms with Crippen LogP contribution in [0.4, 0.5) is 23.0 Å². The van der Waals surface area contributed by atoms with Crippen LogP contribution in [0.25, 0.3) is 71.5 Å². The van der Waals surface area contributed by atoms with Crippen LogP contribution < -0.4 is 15.4 Å². The highest BCUT2D eigenvalue weighted by Gasteiger charge is 2.32. The van der Waals surface area contributed by atoms with Crippen LogP contribution in [-0.2, 0) is 19.6 Å². The Morgan fingerprint density at radius 2 is 0.963 bits per heavy atom. The van der Waals surface area contributed by atoms with Gasteiger partial charge in [0.15, 0.2) is 0 Å². The van der Waals surface area contributed by atoms with Crippen LogP contribution in [0.5, 0.6) is 0 Å². The van der Waals surface area contributed by atoms with Gasteiger partial charge in [-0.25, -0.2) is 36.3 Å². The van der Waals surface area contributed by atoms with E-state index in [4.69, 9.17) is 6.57 Å². The Labute approximate surface area is 620 Å². The summed E-state index contributed by atoms with van der Waals surface area (Å²) < 4.78 is 40.5. The van der Waals surface area contributed by atoms with Gasteiger partial charge in [0.1, 0.15) is 5.69 Å². The predicted molar refractivity (Wildman–Crippen MR) is 407 cm³/mol. The van der Waals surface area contributed by atoms with Crippen LogP contribution in [0, 0.1) is 85.0 Å². The largest absolute Gasteiger partial charge is 0.327 e. The second kappa shape index (κ2) is 33.1. The number of sulfonamides is 1. The molecule has 3 N–H and O–H groups in total. The average molecular weight is 1460 g/mol. The van der Waals surface area contributed by atoms with E-state index in [1.807, 2.05) is 140 Å². The molecule has 4 aliphatic carbocycles. The van der Waals surface area contributed by atoms with Gasteiger partial charge in [0.05, 0.1) is 151 Å². The Morgan fingerprint density at radius 1 is 0.533 bits per heavy atom. The van der Waals surface area contributed by atoms with Crippen molar-refractivity contribution in [2.24, 2.45) is 23.7 Å². The quantitative estimate of drug-likeness (QED) is 0.0419. The number of anilines is 3. The van der Waals surface area contributed by atoms with Crippen LogP contribution in [0.3, 0.4) is 0 Å². The summed E-state index contributed by atoms with van der Waals surface area (Å²) in [5.74, 6) is 2.22. The molecule has 0 aliphatic heterocycles. The zero-order valence-electron chi connectivity index (χ0n) is 60.9. The number of aromatic nitrogens is 17. The highest BCUT2D eigenvalue weighted by atomic mass is 32.2. The topological polar surface area (TPSA) is 333 Å². The number of nitriles is 3. The van der Waals surface area contributed by atoms with Gasteiger partial charge >= 0.3 is 0 Å². The van der Waals surface area contributed by atoms with Crippen molar-refractivity contribution in [3.63, 3.8) is 0 Å². The summed E-state index contributed by atoms with van der Waals surface area (Å²) in [5.41, 5.74) is 15.4. The lowest BCUT2D eigenvalue weighted by Crippen LogP contribution is -2.17. The molecule has 12 aromatic rings. The predicted octanol–water partition coefficient (Wildman–Crippen LogP) is 15.2. The van der Waals surface area contributed by atoms with Crippen molar-refractivity contribution in [2.75, 3.05) is 21.6 Å². The smallest absolute Gasteiger partial charge is 0.255 e. The van der Waals surface area contributed by atoms with Crippen molar-refractivity contribution >= 4 is 67.9 Å². The molecular formula is C78H88N24O4S. The van der Waals surface area contributed by atoms with Crippen LogP contribution in [0.1, 0.15) is 176 Å². The summed E-state index contributed by atoms with van der Waals surface area (Å²) >= 11 is 0. The third-order valence-corrected chi connectivity index (χ3v) is 22.3. The molecule has 0 bridgehead atoms. The van der Waals surface area contributed by atoms with Gasteiger partial charge in [-0.3, -0.25) is 33.0 Å². The molecule has 4 saturated carbocycles. The van der Waals surface area contributed by atoms with Crippen molar-refractivity contribution in [2.45, 2.75) is 180 Å². The summed E-state index contributed by atoms with van der Waals surface area (Å²) in [4.78, 5) is 30.2. The number of carbonyl (C=O) groups excluding carboxylic acids is 2. The standard InChI is InChI=1S/2C20H22N6O.C20H20N6.C18H24N6O2S/c1-14-8-19-20(17(22-13-27)10-24-25(19)11-14)16-9-23-26(12-16)18(6-7-21)15-4-2-3-5-15;1-14-6-7-19-20(17(22-13-27)11-24-26(14)19)16-10-23-25(12-16)18(8-9-21)15-4-2-3-5-15;1-14-7-8-19-20(17(22-2)12-24-26(14)19)16-11-23-25(13-16)18(9-10-21)15-5-3-4-6-15;1-3-15(13-7-4-5-8-13)24-12-14(11-19-24)17-16-9-6-10-23(16)21-18(20-17)22-27(2,25)26/h8-13,15,18H,2-6H2,1H3,(H,22,27);6-7,10-13,15,18H,2-5,8H2,1H3,(H,22,27);7-8,11-13,15,18H,3-6,9H2,1H3;6,9-13,15H,3-5,7-8H2,1-2H3,(H,21,22). The Kier molecular flexibility index (Phi) is 22.7. The first-order valence-electron chi connectivity index (χ1n) is 36.9. The van der Waals surface area contributed by atoms with Gasteiger partial charge in [0.2, 0.25) is 28.5 Å². The monoisotopic (exact) mass is 1460 g/mol. The van der Waals surface area contributed by atoms with Crippen LogP contribution in [0.15, 0.2) is 123 Å². The minimum absolute atomic E-state index is 0.0479. The number of amides is 2. The molecule has 2 amide bonds. The maximum absolute atomic E-state index is 11.6. The Balaban J connectivity index is 0.000000126.